The molecule has 0 spiro atoms. The molecule has 120 valence electrons. The molecule has 0 heterocycles. The van der Waals surface area contributed by atoms with E-state index in [2.05, 4.69) is 0 Å². The van der Waals surface area contributed by atoms with E-state index in [0.717, 1.165) is 5.56 Å². The lowest BCUT2D eigenvalue weighted by molar-refractivity contribution is -0.114. The van der Waals surface area contributed by atoms with Crippen LogP contribution >= 0.6 is 0 Å². The van der Waals surface area contributed by atoms with Gasteiger partial charge in [0.05, 0.1) is 21.3 Å². The summed E-state index contributed by atoms with van der Waals surface area (Å²) < 4.78 is 15.8. The molecule has 0 bridgehead atoms. The van der Waals surface area contributed by atoms with Crippen LogP contribution < -0.4 is 19.9 Å². The van der Waals surface area contributed by atoms with Crippen LogP contribution in [-0.2, 0) is 4.79 Å². The Kier molecular flexibility index (Phi) is 7.78. The monoisotopic (exact) mass is 305 g/mol. The van der Waals surface area contributed by atoms with E-state index in [-0.39, 0.29) is 5.78 Å². The molecule has 1 rings (SSSR count). The van der Waals surface area contributed by atoms with Crippen molar-refractivity contribution in [1.82, 2.24) is 0 Å². The summed E-state index contributed by atoms with van der Waals surface area (Å²) in [7, 11) is 4.70. The highest BCUT2D eigenvalue weighted by Gasteiger charge is 2.11. The number of carbonyl (C=O) groups is 1. The van der Waals surface area contributed by atoms with Crippen LogP contribution in [0, 0.1) is 0 Å². The summed E-state index contributed by atoms with van der Waals surface area (Å²) in [6.07, 6.45) is 8.09. The number of rotatable bonds is 9. The molecule has 5 nitrogen and oxygen atoms in total. The molecular weight excluding hydrogens is 282 g/mol. The number of hydrogen-bond donors (Lipinski definition) is 1. The molecule has 5 heteroatoms. The highest BCUT2D eigenvalue weighted by atomic mass is 16.5. The van der Waals surface area contributed by atoms with Gasteiger partial charge in [0, 0.05) is 6.42 Å². The first-order valence-electron chi connectivity index (χ1n) is 7.04. The van der Waals surface area contributed by atoms with Crippen molar-refractivity contribution in [1.29, 1.82) is 0 Å². The van der Waals surface area contributed by atoms with Crippen LogP contribution in [0.5, 0.6) is 17.2 Å². The van der Waals surface area contributed by atoms with Gasteiger partial charge in [-0.15, -0.1) is 0 Å². The number of nitrogens with two attached hydrogens (primary N) is 1. The van der Waals surface area contributed by atoms with E-state index in [1.165, 1.54) is 0 Å². The van der Waals surface area contributed by atoms with Gasteiger partial charge in [-0.1, -0.05) is 18.2 Å². The fourth-order valence-corrected chi connectivity index (χ4v) is 1.89. The molecule has 0 aliphatic heterocycles. The topological polar surface area (TPSA) is 70.8 Å². The van der Waals surface area contributed by atoms with E-state index >= 15 is 0 Å². The first-order valence-corrected chi connectivity index (χ1v) is 7.04. The predicted molar refractivity (Wildman–Crippen MR) is 87.6 cm³/mol. The third-order valence-electron chi connectivity index (χ3n) is 3.00. The zero-order valence-corrected chi connectivity index (χ0v) is 13.3. The Balaban J connectivity index is 2.83. The Morgan fingerprint density at radius 1 is 1.09 bits per heavy atom. The second kappa shape index (κ2) is 9.63. The minimum Gasteiger partial charge on any atom is -0.493 e. The minimum atomic E-state index is 0.0694. The Morgan fingerprint density at radius 2 is 1.73 bits per heavy atom. The molecule has 0 amide bonds. The second-order valence-electron chi connectivity index (χ2n) is 4.54. The van der Waals surface area contributed by atoms with Crippen molar-refractivity contribution in [3.63, 3.8) is 0 Å². The summed E-state index contributed by atoms with van der Waals surface area (Å²) in [6, 6.07) is 3.67. The van der Waals surface area contributed by atoms with E-state index in [9.17, 15) is 4.79 Å². The summed E-state index contributed by atoms with van der Waals surface area (Å²) in [5.41, 5.74) is 6.24. The zero-order valence-electron chi connectivity index (χ0n) is 13.3. The van der Waals surface area contributed by atoms with Crippen LogP contribution in [0.3, 0.4) is 0 Å². The van der Waals surface area contributed by atoms with Gasteiger partial charge in [-0.25, -0.2) is 0 Å². The van der Waals surface area contributed by atoms with E-state index in [1.807, 2.05) is 18.2 Å². The molecule has 0 aliphatic rings. The molecule has 0 aromatic heterocycles. The van der Waals surface area contributed by atoms with Crippen LogP contribution in [0.1, 0.15) is 18.4 Å². The number of ketones is 1. The summed E-state index contributed by atoms with van der Waals surface area (Å²) in [4.78, 5) is 11.5. The minimum absolute atomic E-state index is 0.0694. The van der Waals surface area contributed by atoms with E-state index < -0.39 is 0 Å². The molecule has 0 saturated carbocycles. The fourth-order valence-electron chi connectivity index (χ4n) is 1.89. The number of methoxy groups -OCH3 is 3. The van der Waals surface area contributed by atoms with Gasteiger partial charge >= 0.3 is 0 Å². The standard InChI is InChI=1S/C17H23NO4/c1-20-15-11-13(12-16(21-2)17(15)22-3)7-4-5-8-14(19)9-6-10-18/h4-5,7-8,11-12H,6,9-10,18H2,1-3H3/b7-4+,8-5+. The smallest absolute Gasteiger partial charge is 0.203 e. The van der Waals surface area contributed by atoms with Crippen LogP contribution in [0.2, 0.25) is 0 Å². The van der Waals surface area contributed by atoms with Gasteiger partial charge in [0.15, 0.2) is 17.3 Å². The lowest BCUT2D eigenvalue weighted by atomic mass is 10.1. The average molecular weight is 305 g/mol. The van der Waals surface area contributed by atoms with Gasteiger partial charge in [0.1, 0.15) is 0 Å². The molecule has 2 N–H and O–H groups in total. The van der Waals surface area contributed by atoms with Crippen molar-refractivity contribution in [2.45, 2.75) is 12.8 Å². The second-order valence-corrected chi connectivity index (χ2v) is 4.54. The molecule has 1 aromatic carbocycles. The van der Waals surface area contributed by atoms with Gasteiger partial charge in [-0.2, -0.15) is 0 Å². The maximum absolute atomic E-state index is 11.5. The normalized spacial score (nSPS) is 11.1. The van der Waals surface area contributed by atoms with Crippen molar-refractivity contribution in [2.24, 2.45) is 5.73 Å². The highest BCUT2D eigenvalue weighted by molar-refractivity contribution is 5.89. The van der Waals surface area contributed by atoms with Crippen LogP contribution in [0.15, 0.2) is 30.4 Å². The zero-order chi connectivity index (χ0) is 16.4. The molecule has 0 radical (unpaired) electrons. The third-order valence-corrected chi connectivity index (χ3v) is 3.00. The molecule has 0 unspecified atom stereocenters. The maximum Gasteiger partial charge on any atom is 0.203 e. The van der Waals surface area contributed by atoms with Gasteiger partial charge in [-0.05, 0) is 36.7 Å². The average Bonchev–Trinajstić information content (AvgIpc) is 2.55. The van der Waals surface area contributed by atoms with Crippen LogP contribution in [0.4, 0.5) is 0 Å². The van der Waals surface area contributed by atoms with Gasteiger partial charge in [0.25, 0.3) is 0 Å². The van der Waals surface area contributed by atoms with Crippen molar-refractivity contribution < 1.29 is 19.0 Å². The number of carbonyl (C=O) groups excluding carboxylic acids is 1. The number of ether oxygens (including phenoxy) is 3. The summed E-state index contributed by atoms with van der Waals surface area (Å²) in [5.74, 6) is 1.80. The highest BCUT2D eigenvalue weighted by Crippen LogP contribution is 2.38. The summed E-state index contributed by atoms with van der Waals surface area (Å²) in [6.45, 7) is 0.529. The van der Waals surface area contributed by atoms with E-state index in [4.69, 9.17) is 19.9 Å². The number of hydrogen-bond acceptors (Lipinski definition) is 5. The van der Waals surface area contributed by atoms with Crippen LogP contribution in [-0.4, -0.2) is 33.7 Å². The number of benzene rings is 1. The third kappa shape index (κ3) is 5.26. The molecule has 0 fully saturated rings. The first kappa shape index (κ1) is 17.8. The number of allylic oxidation sites excluding steroid dienone is 3. The van der Waals surface area contributed by atoms with Gasteiger partial charge < -0.3 is 19.9 Å². The largest absolute Gasteiger partial charge is 0.493 e. The van der Waals surface area contributed by atoms with Gasteiger partial charge in [-0.3, -0.25) is 4.79 Å². The fraction of sp³-hybridized carbons (Fsp3) is 0.353. The molecule has 0 saturated heterocycles. The Hall–Kier alpha value is -2.27. The molecule has 1 aromatic rings. The molecule has 0 aliphatic carbocycles. The van der Waals surface area contributed by atoms with Gasteiger partial charge in [0.2, 0.25) is 5.75 Å². The molecule has 0 atom stereocenters. The van der Waals surface area contributed by atoms with Crippen molar-refractivity contribution in [3.05, 3.63) is 35.9 Å². The lowest BCUT2D eigenvalue weighted by Gasteiger charge is -2.12. The predicted octanol–water partition coefficient (Wildman–Crippen LogP) is 2.59. The van der Waals surface area contributed by atoms with Crippen molar-refractivity contribution >= 4 is 11.9 Å². The summed E-state index contributed by atoms with van der Waals surface area (Å²) >= 11 is 0. The maximum atomic E-state index is 11.5. The first-order chi connectivity index (χ1) is 10.7. The Labute approximate surface area is 131 Å². The Bertz CT molecular complexity index is 525. The lowest BCUT2D eigenvalue weighted by Crippen LogP contribution is -2.01. The quantitative estimate of drug-likeness (QED) is 0.561. The van der Waals surface area contributed by atoms with E-state index in [0.29, 0.717) is 36.6 Å². The molecule has 22 heavy (non-hydrogen) atoms. The summed E-state index contributed by atoms with van der Waals surface area (Å²) in [5, 5.41) is 0. The Morgan fingerprint density at radius 3 is 2.23 bits per heavy atom. The molecular formula is C17H23NO4. The SMILES string of the molecule is COc1cc(/C=C/C=C/C(=O)CCCN)cc(OC)c1OC. The van der Waals surface area contributed by atoms with Crippen molar-refractivity contribution in [3.8, 4) is 17.2 Å². The van der Waals surface area contributed by atoms with E-state index in [1.54, 1.807) is 39.6 Å². The van der Waals surface area contributed by atoms with Crippen LogP contribution in [0.25, 0.3) is 6.08 Å². The van der Waals surface area contributed by atoms with Crippen molar-refractivity contribution in [2.75, 3.05) is 27.9 Å².